The molecule has 0 saturated carbocycles. The standard InChI is InChI=1S/C31H40N6O7S3/c1-9-41-25(38)19-14-45-23(35-19)17-11-12-31(32,27-36-20(15-47-27)26(39)42-10-2)22(33-17)18-13-46-24(34-18)21-16(3)43-30(7,8)37(21)28(40)44-29(4,5)6/h13-16,21-22H,9-12,32H2,1-8H3/t16-,21+,22?,31-/m1/s1. The fraction of sp³-hybridized carbons (Fsp3) is 0.581. The Labute approximate surface area is 285 Å². The number of ether oxygens (including phenoxy) is 4. The second-order valence-corrected chi connectivity index (χ2v) is 15.3. The summed E-state index contributed by atoms with van der Waals surface area (Å²) in [5.74, 6) is -1.03. The van der Waals surface area contributed by atoms with Crippen LogP contribution in [0, 0.1) is 0 Å². The Morgan fingerprint density at radius 3 is 2.28 bits per heavy atom. The smallest absolute Gasteiger partial charge is 0.413 e. The molecule has 4 atom stereocenters. The van der Waals surface area contributed by atoms with Crippen molar-refractivity contribution in [3.8, 4) is 0 Å². The molecule has 0 aliphatic carbocycles. The summed E-state index contributed by atoms with van der Waals surface area (Å²) in [4.78, 5) is 59.1. The largest absolute Gasteiger partial charge is 0.461 e. The zero-order chi connectivity index (χ0) is 34.3. The zero-order valence-corrected chi connectivity index (χ0v) is 30.1. The van der Waals surface area contributed by atoms with Gasteiger partial charge in [-0.05, 0) is 68.2 Å². The van der Waals surface area contributed by atoms with E-state index in [1.165, 1.54) is 34.0 Å². The fourth-order valence-corrected chi connectivity index (χ4v) is 8.43. The van der Waals surface area contributed by atoms with E-state index in [9.17, 15) is 14.4 Å². The molecule has 0 aromatic carbocycles. The second-order valence-electron chi connectivity index (χ2n) is 12.7. The van der Waals surface area contributed by atoms with Crippen LogP contribution in [0.15, 0.2) is 21.1 Å². The Morgan fingerprint density at radius 1 is 1.00 bits per heavy atom. The normalized spacial score (nSPS) is 24.1. The van der Waals surface area contributed by atoms with Crippen LogP contribution in [0.1, 0.15) is 122 Å². The third-order valence-electron chi connectivity index (χ3n) is 7.61. The molecule has 47 heavy (non-hydrogen) atoms. The quantitative estimate of drug-likeness (QED) is 0.215. The van der Waals surface area contributed by atoms with Gasteiger partial charge in [-0.1, -0.05) is 0 Å². The molecule has 3 aromatic heterocycles. The van der Waals surface area contributed by atoms with Gasteiger partial charge < -0.3 is 24.7 Å². The van der Waals surface area contributed by atoms with Crippen molar-refractivity contribution in [2.24, 2.45) is 10.7 Å². The van der Waals surface area contributed by atoms with Gasteiger partial charge >= 0.3 is 18.0 Å². The lowest BCUT2D eigenvalue weighted by molar-refractivity contribution is -0.0757. The first-order valence-electron chi connectivity index (χ1n) is 15.3. The van der Waals surface area contributed by atoms with E-state index in [1.54, 1.807) is 29.5 Å². The Bertz CT molecular complexity index is 1670. The molecule has 254 valence electrons. The van der Waals surface area contributed by atoms with Gasteiger partial charge in [-0.15, -0.1) is 34.0 Å². The Kier molecular flexibility index (Phi) is 9.91. The maximum atomic E-state index is 13.5. The van der Waals surface area contributed by atoms with Crippen LogP contribution in [0.25, 0.3) is 0 Å². The molecule has 2 aliphatic rings. The van der Waals surface area contributed by atoms with Crippen molar-refractivity contribution in [1.82, 2.24) is 19.9 Å². The number of aromatic nitrogens is 3. The summed E-state index contributed by atoms with van der Waals surface area (Å²) in [7, 11) is 0. The molecule has 2 aliphatic heterocycles. The van der Waals surface area contributed by atoms with Crippen LogP contribution in [-0.4, -0.2) is 74.2 Å². The van der Waals surface area contributed by atoms with Gasteiger partial charge in [-0.2, -0.15) is 0 Å². The molecule has 1 amide bonds. The summed E-state index contributed by atoms with van der Waals surface area (Å²) in [6.45, 7) is 14.9. The Hall–Kier alpha value is -3.31. The lowest BCUT2D eigenvalue weighted by atomic mass is 9.82. The van der Waals surface area contributed by atoms with Crippen molar-refractivity contribution in [3.05, 3.63) is 48.2 Å². The molecule has 5 heterocycles. The van der Waals surface area contributed by atoms with Gasteiger partial charge in [0.25, 0.3) is 0 Å². The maximum absolute atomic E-state index is 13.5. The number of thiazole rings is 3. The highest BCUT2D eigenvalue weighted by molar-refractivity contribution is 7.12. The van der Waals surface area contributed by atoms with Crippen molar-refractivity contribution in [2.45, 2.75) is 103 Å². The molecule has 0 bridgehead atoms. The first kappa shape index (κ1) is 35.0. The number of aliphatic imine (C=N–C) groups is 1. The summed E-state index contributed by atoms with van der Waals surface area (Å²) in [5.41, 5.74) is 6.05. The number of amides is 1. The lowest BCUT2D eigenvalue weighted by Gasteiger charge is -2.36. The van der Waals surface area contributed by atoms with E-state index < -0.39 is 47.0 Å². The number of nitrogens with zero attached hydrogens (tertiary/aromatic N) is 5. The minimum atomic E-state index is -1.13. The molecule has 1 saturated heterocycles. The summed E-state index contributed by atoms with van der Waals surface area (Å²) in [5, 5.41) is 6.90. The van der Waals surface area contributed by atoms with E-state index in [-0.39, 0.29) is 30.7 Å². The predicted octanol–water partition coefficient (Wildman–Crippen LogP) is 6.02. The Balaban J connectivity index is 1.56. The van der Waals surface area contributed by atoms with E-state index in [4.69, 9.17) is 34.7 Å². The van der Waals surface area contributed by atoms with Crippen molar-refractivity contribution in [2.75, 3.05) is 13.2 Å². The van der Waals surface area contributed by atoms with E-state index in [0.717, 1.165) is 0 Å². The highest BCUT2D eigenvalue weighted by Gasteiger charge is 2.52. The molecule has 1 unspecified atom stereocenters. The molecule has 13 nitrogen and oxygen atoms in total. The lowest BCUT2D eigenvalue weighted by Crippen LogP contribution is -2.47. The topological polar surface area (TPSA) is 168 Å². The summed E-state index contributed by atoms with van der Waals surface area (Å²) in [6.07, 6.45) is -0.0298. The number of carbonyl (C=O) groups excluding carboxylic acids is 3. The van der Waals surface area contributed by atoms with Gasteiger partial charge in [0.15, 0.2) is 11.4 Å². The van der Waals surface area contributed by atoms with Crippen LogP contribution in [0.2, 0.25) is 0 Å². The van der Waals surface area contributed by atoms with Gasteiger partial charge in [0.2, 0.25) is 0 Å². The second kappa shape index (κ2) is 13.3. The van der Waals surface area contributed by atoms with Gasteiger partial charge in [-0.3, -0.25) is 9.89 Å². The molecular weight excluding hydrogens is 665 g/mol. The van der Waals surface area contributed by atoms with Crippen LogP contribution < -0.4 is 5.73 Å². The average Bonchev–Trinajstić information content (AvgIpc) is 3.78. The number of hydrogen-bond donors (Lipinski definition) is 1. The molecule has 5 rings (SSSR count). The van der Waals surface area contributed by atoms with Crippen LogP contribution in [0.5, 0.6) is 0 Å². The number of rotatable bonds is 8. The van der Waals surface area contributed by atoms with Gasteiger partial charge in [0.05, 0.1) is 36.3 Å². The molecule has 3 aromatic rings. The van der Waals surface area contributed by atoms with Crippen molar-refractivity contribution in [3.63, 3.8) is 0 Å². The van der Waals surface area contributed by atoms with E-state index in [1.807, 2.05) is 46.9 Å². The molecule has 16 heteroatoms. The molecule has 0 radical (unpaired) electrons. The monoisotopic (exact) mass is 704 g/mol. The minimum absolute atomic E-state index is 0.176. The van der Waals surface area contributed by atoms with Gasteiger partial charge in [0.1, 0.15) is 38.4 Å². The van der Waals surface area contributed by atoms with Crippen molar-refractivity contribution >= 4 is 57.8 Å². The van der Waals surface area contributed by atoms with Crippen LogP contribution in [0.3, 0.4) is 0 Å². The van der Waals surface area contributed by atoms with E-state index in [0.29, 0.717) is 39.3 Å². The minimum Gasteiger partial charge on any atom is -0.461 e. The van der Waals surface area contributed by atoms with E-state index >= 15 is 0 Å². The number of esters is 2. The summed E-state index contributed by atoms with van der Waals surface area (Å²) < 4.78 is 22.3. The number of hydrogen-bond acceptors (Lipinski definition) is 15. The highest BCUT2D eigenvalue weighted by atomic mass is 32.1. The number of carbonyl (C=O) groups is 3. The first-order valence-corrected chi connectivity index (χ1v) is 18.0. The molecule has 2 N–H and O–H groups in total. The number of nitrogens with two attached hydrogens (primary N) is 1. The Morgan fingerprint density at radius 2 is 1.64 bits per heavy atom. The van der Waals surface area contributed by atoms with Gasteiger partial charge in [-0.25, -0.2) is 29.3 Å². The maximum Gasteiger partial charge on any atom is 0.413 e. The third-order valence-corrected chi connectivity index (χ3v) is 10.5. The molecule has 1 fully saturated rings. The average molecular weight is 705 g/mol. The van der Waals surface area contributed by atoms with Gasteiger partial charge in [0, 0.05) is 16.1 Å². The van der Waals surface area contributed by atoms with Crippen molar-refractivity contribution < 1.29 is 33.3 Å². The summed E-state index contributed by atoms with van der Waals surface area (Å²) >= 11 is 3.94. The van der Waals surface area contributed by atoms with Crippen LogP contribution >= 0.6 is 34.0 Å². The fourth-order valence-electron chi connectivity index (χ4n) is 5.64. The zero-order valence-electron chi connectivity index (χ0n) is 27.7. The van der Waals surface area contributed by atoms with Crippen LogP contribution in [-0.2, 0) is 24.5 Å². The summed E-state index contributed by atoms with van der Waals surface area (Å²) in [6, 6.07) is -1.26. The van der Waals surface area contributed by atoms with Crippen LogP contribution in [0.4, 0.5) is 4.79 Å². The van der Waals surface area contributed by atoms with Crippen molar-refractivity contribution in [1.29, 1.82) is 0 Å². The SMILES string of the molecule is CCOC(=O)c1csc(C2=NC(c3csc([C@@H]4[C@@H](C)OC(C)(C)N4C(=O)OC(C)(C)C)n3)[C@@](N)(c3nc(C(=O)OCC)cs3)CC2)n1. The third kappa shape index (κ3) is 7.11. The highest BCUT2D eigenvalue weighted by Crippen LogP contribution is 2.48. The van der Waals surface area contributed by atoms with E-state index in [2.05, 4.69) is 9.97 Å². The molecular formula is C31H40N6O7S3. The molecule has 0 spiro atoms. The first-order chi connectivity index (χ1) is 22.1. The predicted molar refractivity (Wildman–Crippen MR) is 178 cm³/mol.